The van der Waals surface area contributed by atoms with Crippen LogP contribution in [0.25, 0.3) is 4.96 Å². The van der Waals surface area contributed by atoms with Gasteiger partial charge in [0.1, 0.15) is 11.6 Å². The minimum atomic E-state index is 0.272. The van der Waals surface area contributed by atoms with E-state index in [1.54, 1.807) is 18.4 Å². The molecule has 2 aromatic heterocycles. The average Bonchev–Trinajstić information content (AvgIpc) is 3.10. The van der Waals surface area contributed by atoms with E-state index in [0.29, 0.717) is 18.4 Å². The van der Waals surface area contributed by atoms with Crippen LogP contribution in [0, 0.1) is 11.8 Å². The molecule has 102 valence electrons. The predicted molar refractivity (Wildman–Crippen MR) is 70.9 cm³/mol. The average molecular weight is 279 g/mol. The molecule has 2 aliphatic rings. The first kappa shape index (κ1) is 11.7. The number of fused-ring (bicyclic) bond motifs is 3. The van der Waals surface area contributed by atoms with Gasteiger partial charge in [0.15, 0.2) is 5.82 Å². The van der Waals surface area contributed by atoms with Gasteiger partial charge in [-0.25, -0.2) is 0 Å². The molecule has 0 radical (unpaired) electrons. The fourth-order valence-electron chi connectivity index (χ4n) is 3.73. The molecule has 2 aliphatic carbocycles. The highest BCUT2D eigenvalue weighted by atomic mass is 32.1. The summed E-state index contributed by atoms with van der Waals surface area (Å²) in [6, 6.07) is 0.272. The molecule has 2 N–H and O–H groups in total. The van der Waals surface area contributed by atoms with Crippen LogP contribution in [0.2, 0.25) is 0 Å². The lowest BCUT2D eigenvalue weighted by atomic mass is 9.85. The van der Waals surface area contributed by atoms with Crippen molar-refractivity contribution in [3.05, 3.63) is 10.8 Å². The molecule has 4 rings (SSSR count). The molecule has 2 heterocycles. The topological polar surface area (TPSA) is 78.3 Å². The highest BCUT2D eigenvalue weighted by Crippen LogP contribution is 2.52. The summed E-state index contributed by atoms with van der Waals surface area (Å²) in [7, 11) is 1.65. The van der Waals surface area contributed by atoms with Gasteiger partial charge in [0.25, 0.3) is 0 Å². The van der Waals surface area contributed by atoms with E-state index in [-0.39, 0.29) is 6.04 Å². The van der Waals surface area contributed by atoms with Crippen molar-refractivity contribution in [3.8, 4) is 0 Å². The number of nitrogens with two attached hydrogens (primary N) is 1. The van der Waals surface area contributed by atoms with Gasteiger partial charge in [-0.2, -0.15) is 9.61 Å². The van der Waals surface area contributed by atoms with Crippen molar-refractivity contribution < 1.29 is 4.74 Å². The third kappa shape index (κ3) is 1.65. The summed E-state index contributed by atoms with van der Waals surface area (Å²) in [5.74, 6) is 2.59. The van der Waals surface area contributed by atoms with Gasteiger partial charge in [0, 0.05) is 19.1 Å². The Morgan fingerprint density at radius 3 is 2.95 bits per heavy atom. The molecule has 6 nitrogen and oxygen atoms in total. The van der Waals surface area contributed by atoms with E-state index in [2.05, 4.69) is 10.2 Å². The van der Waals surface area contributed by atoms with Crippen molar-refractivity contribution in [1.29, 1.82) is 0 Å². The summed E-state index contributed by atoms with van der Waals surface area (Å²) < 4.78 is 6.92. The maximum atomic E-state index is 6.38. The third-order valence-electron chi connectivity index (χ3n) is 4.61. The lowest BCUT2D eigenvalue weighted by molar-refractivity contribution is 0.176. The zero-order valence-electron chi connectivity index (χ0n) is 10.8. The fraction of sp³-hybridized carbons (Fsp3) is 0.750. The Morgan fingerprint density at radius 1 is 1.37 bits per heavy atom. The van der Waals surface area contributed by atoms with E-state index in [0.717, 1.165) is 21.7 Å². The van der Waals surface area contributed by atoms with Gasteiger partial charge in [-0.05, 0) is 31.1 Å². The minimum Gasteiger partial charge on any atom is -0.377 e. The molecular weight excluding hydrogens is 262 g/mol. The van der Waals surface area contributed by atoms with Crippen LogP contribution in [-0.4, -0.2) is 33.0 Å². The molecule has 4 atom stereocenters. The van der Waals surface area contributed by atoms with Crippen LogP contribution in [0.4, 0.5) is 0 Å². The Morgan fingerprint density at radius 2 is 2.21 bits per heavy atom. The summed E-state index contributed by atoms with van der Waals surface area (Å²) >= 11 is 1.63. The predicted octanol–water partition coefficient (Wildman–Crippen LogP) is 1.17. The van der Waals surface area contributed by atoms with Gasteiger partial charge < -0.3 is 10.5 Å². The summed E-state index contributed by atoms with van der Waals surface area (Å²) in [6.07, 6.45) is 3.87. The molecule has 19 heavy (non-hydrogen) atoms. The molecule has 0 amide bonds. The molecular formula is C12H17N5OS. The number of aromatic nitrogens is 4. The molecule has 2 bridgehead atoms. The maximum Gasteiger partial charge on any atom is 0.234 e. The highest BCUT2D eigenvalue weighted by Gasteiger charge is 2.47. The zero-order chi connectivity index (χ0) is 13.0. The van der Waals surface area contributed by atoms with E-state index >= 15 is 0 Å². The van der Waals surface area contributed by atoms with E-state index < -0.39 is 0 Å². The Labute approximate surface area is 115 Å². The summed E-state index contributed by atoms with van der Waals surface area (Å²) in [5, 5.41) is 14.1. The van der Waals surface area contributed by atoms with Crippen LogP contribution in [0.1, 0.15) is 36.0 Å². The fourth-order valence-corrected chi connectivity index (χ4v) is 4.84. The molecule has 2 aromatic rings. The second-order valence-corrected chi connectivity index (χ2v) is 6.61. The van der Waals surface area contributed by atoms with Gasteiger partial charge in [-0.15, -0.1) is 10.2 Å². The molecule has 0 aromatic carbocycles. The summed E-state index contributed by atoms with van der Waals surface area (Å²) in [6.45, 7) is 0.438. The SMILES string of the molecule is COCc1nnc2sc(C3C4CCC(C4)C3N)nn12. The highest BCUT2D eigenvalue weighted by molar-refractivity contribution is 7.16. The molecule has 0 spiro atoms. The quantitative estimate of drug-likeness (QED) is 0.912. The lowest BCUT2D eigenvalue weighted by Crippen LogP contribution is -2.34. The molecule has 2 saturated carbocycles. The van der Waals surface area contributed by atoms with Crippen LogP contribution in [0.5, 0.6) is 0 Å². The van der Waals surface area contributed by atoms with Gasteiger partial charge in [0.2, 0.25) is 4.96 Å². The Balaban J connectivity index is 1.72. The summed E-state index contributed by atoms with van der Waals surface area (Å²) in [5.41, 5.74) is 6.38. The van der Waals surface area contributed by atoms with E-state index in [1.807, 2.05) is 4.52 Å². The van der Waals surface area contributed by atoms with Crippen LogP contribution in [-0.2, 0) is 11.3 Å². The molecule has 2 fully saturated rings. The van der Waals surface area contributed by atoms with Crippen molar-refractivity contribution >= 4 is 16.3 Å². The number of hydrogen-bond donors (Lipinski definition) is 1. The number of nitrogens with zero attached hydrogens (tertiary/aromatic N) is 4. The lowest BCUT2D eigenvalue weighted by Gasteiger charge is -2.25. The van der Waals surface area contributed by atoms with E-state index in [4.69, 9.17) is 15.6 Å². The zero-order valence-corrected chi connectivity index (χ0v) is 11.6. The van der Waals surface area contributed by atoms with Gasteiger partial charge in [-0.1, -0.05) is 11.3 Å². The first-order chi connectivity index (χ1) is 9.28. The minimum absolute atomic E-state index is 0.272. The smallest absolute Gasteiger partial charge is 0.234 e. The molecule has 7 heteroatoms. The Kier molecular flexibility index (Phi) is 2.61. The first-order valence-corrected chi connectivity index (χ1v) is 7.55. The van der Waals surface area contributed by atoms with Crippen molar-refractivity contribution in [2.24, 2.45) is 17.6 Å². The monoisotopic (exact) mass is 279 g/mol. The van der Waals surface area contributed by atoms with Crippen LogP contribution < -0.4 is 5.73 Å². The second-order valence-electron chi connectivity index (χ2n) is 5.62. The molecule has 0 aliphatic heterocycles. The third-order valence-corrected chi connectivity index (χ3v) is 5.61. The largest absolute Gasteiger partial charge is 0.377 e. The van der Waals surface area contributed by atoms with Crippen LogP contribution in [0.3, 0.4) is 0 Å². The standard InChI is InChI=1S/C12H17N5OS/c1-18-5-8-14-15-12-17(8)16-11(19-12)9-6-2-3-7(4-6)10(9)13/h6-7,9-10H,2-5,13H2,1H3. The van der Waals surface area contributed by atoms with Crippen molar-refractivity contribution in [3.63, 3.8) is 0 Å². The maximum absolute atomic E-state index is 6.38. The summed E-state index contributed by atoms with van der Waals surface area (Å²) in [4.78, 5) is 0.844. The van der Waals surface area contributed by atoms with Gasteiger partial charge in [0.05, 0.1) is 0 Å². The van der Waals surface area contributed by atoms with E-state index in [1.165, 1.54) is 19.3 Å². The van der Waals surface area contributed by atoms with Crippen LogP contribution >= 0.6 is 11.3 Å². The number of ether oxygens (including phenoxy) is 1. The van der Waals surface area contributed by atoms with Gasteiger partial charge in [-0.3, -0.25) is 0 Å². The first-order valence-electron chi connectivity index (χ1n) is 6.73. The normalized spacial score (nSPS) is 33.6. The van der Waals surface area contributed by atoms with Crippen molar-refractivity contribution in [2.45, 2.75) is 37.8 Å². The van der Waals surface area contributed by atoms with Crippen molar-refractivity contribution in [1.82, 2.24) is 19.8 Å². The second kappa shape index (κ2) is 4.22. The van der Waals surface area contributed by atoms with Crippen molar-refractivity contribution in [2.75, 3.05) is 7.11 Å². The number of hydrogen-bond acceptors (Lipinski definition) is 6. The molecule has 4 unspecified atom stereocenters. The van der Waals surface area contributed by atoms with Gasteiger partial charge >= 0.3 is 0 Å². The molecule has 0 saturated heterocycles. The number of rotatable bonds is 3. The Bertz CT molecular complexity index is 606. The Hall–Kier alpha value is -1.05. The van der Waals surface area contributed by atoms with E-state index in [9.17, 15) is 0 Å². The van der Waals surface area contributed by atoms with Crippen LogP contribution in [0.15, 0.2) is 0 Å². The number of methoxy groups -OCH3 is 1.